The highest BCUT2D eigenvalue weighted by molar-refractivity contribution is 5.81. The van der Waals surface area contributed by atoms with Gasteiger partial charge in [-0.15, -0.1) is 0 Å². The molecule has 136 valence electrons. The molecule has 0 radical (unpaired) electrons. The number of amides is 1. The topological polar surface area (TPSA) is 62.2 Å². The number of rotatable bonds is 6. The van der Waals surface area contributed by atoms with Crippen molar-refractivity contribution in [2.45, 2.75) is 24.7 Å². The van der Waals surface area contributed by atoms with Crippen LogP contribution in [-0.4, -0.2) is 22.7 Å². The lowest BCUT2D eigenvalue weighted by Gasteiger charge is -2.32. The first kappa shape index (κ1) is 17.3. The first-order chi connectivity index (χ1) is 13.2. The Morgan fingerprint density at radius 2 is 1.52 bits per heavy atom. The minimum absolute atomic E-state index is 0.158. The fourth-order valence-electron chi connectivity index (χ4n) is 4.40. The fourth-order valence-corrected chi connectivity index (χ4v) is 4.40. The lowest BCUT2D eigenvalue weighted by Crippen LogP contribution is -2.30. The number of carbonyl (C=O) groups is 1. The second-order valence-corrected chi connectivity index (χ2v) is 7.04. The van der Waals surface area contributed by atoms with Crippen molar-refractivity contribution in [1.82, 2.24) is 10.3 Å². The van der Waals surface area contributed by atoms with Crippen molar-refractivity contribution >= 4 is 6.09 Å². The van der Waals surface area contributed by atoms with E-state index in [0.717, 1.165) is 19.3 Å². The van der Waals surface area contributed by atoms with Gasteiger partial charge < -0.3 is 10.4 Å². The maximum absolute atomic E-state index is 10.8. The minimum atomic E-state index is -0.967. The Kier molecular flexibility index (Phi) is 4.63. The second-order valence-electron chi connectivity index (χ2n) is 7.04. The molecule has 0 saturated heterocycles. The smallest absolute Gasteiger partial charge is 0.404 e. The summed E-state index contributed by atoms with van der Waals surface area (Å²) in [5.74, 6) is 0. The summed E-state index contributed by atoms with van der Waals surface area (Å²) >= 11 is 0. The molecule has 0 bridgehead atoms. The molecule has 2 N–H and O–H groups in total. The standard InChI is InChI=1S/C23H22N2O2/c26-22(27)25-13-5-12-23(16-17-10-14-24-15-11-17)20-8-3-1-6-18(20)19-7-2-4-9-21(19)23/h1-4,6-11,14-15,25H,5,12-13,16H2,(H,26,27). The van der Waals surface area contributed by atoms with Gasteiger partial charge in [0.2, 0.25) is 0 Å². The number of hydrogen-bond donors (Lipinski definition) is 2. The van der Waals surface area contributed by atoms with Gasteiger partial charge in [-0.05, 0) is 59.2 Å². The third kappa shape index (κ3) is 3.19. The molecule has 1 heterocycles. The Morgan fingerprint density at radius 3 is 2.11 bits per heavy atom. The predicted molar refractivity (Wildman–Crippen MR) is 106 cm³/mol. The quantitative estimate of drug-likeness (QED) is 0.631. The van der Waals surface area contributed by atoms with Crippen LogP contribution < -0.4 is 5.32 Å². The van der Waals surface area contributed by atoms with Gasteiger partial charge in [0.1, 0.15) is 0 Å². The van der Waals surface area contributed by atoms with Crippen LogP contribution in [0.5, 0.6) is 0 Å². The van der Waals surface area contributed by atoms with Gasteiger partial charge in [0.25, 0.3) is 0 Å². The zero-order valence-corrected chi connectivity index (χ0v) is 15.1. The molecule has 2 aromatic carbocycles. The van der Waals surface area contributed by atoms with Crippen LogP contribution in [0, 0.1) is 0 Å². The molecular weight excluding hydrogens is 336 g/mol. The van der Waals surface area contributed by atoms with E-state index in [-0.39, 0.29) is 5.41 Å². The maximum atomic E-state index is 10.8. The fraction of sp³-hybridized carbons (Fsp3) is 0.217. The minimum Gasteiger partial charge on any atom is -0.465 e. The number of nitrogens with one attached hydrogen (secondary N) is 1. The van der Waals surface area contributed by atoms with Gasteiger partial charge in [-0.1, -0.05) is 48.5 Å². The number of benzene rings is 2. The van der Waals surface area contributed by atoms with Crippen molar-refractivity contribution < 1.29 is 9.90 Å². The van der Waals surface area contributed by atoms with Gasteiger partial charge >= 0.3 is 6.09 Å². The normalized spacial score (nSPS) is 13.6. The third-order valence-electron chi connectivity index (χ3n) is 5.49. The van der Waals surface area contributed by atoms with E-state index in [0.29, 0.717) is 6.54 Å². The van der Waals surface area contributed by atoms with E-state index >= 15 is 0 Å². The van der Waals surface area contributed by atoms with Crippen molar-refractivity contribution in [3.8, 4) is 11.1 Å². The monoisotopic (exact) mass is 358 g/mol. The van der Waals surface area contributed by atoms with Crippen LogP contribution in [0.15, 0.2) is 73.1 Å². The van der Waals surface area contributed by atoms with E-state index in [1.807, 2.05) is 12.4 Å². The first-order valence-corrected chi connectivity index (χ1v) is 9.26. The molecule has 4 rings (SSSR count). The zero-order valence-electron chi connectivity index (χ0n) is 15.1. The van der Waals surface area contributed by atoms with Gasteiger partial charge in [0.05, 0.1) is 0 Å². The van der Waals surface area contributed by atoms with E-state index in [2.05, 4.69) is 71.0 Å². The van der Waals surface area contributed by atoms with Crippen LogP contribution in [-0.2, 0) is 11.8 Å². The Morgan fingerprint density at radius 1 is 0.926 bits per heavy atom. The molecule has 0 atom stereocenters. The second kappa shape index (κ2) is 7.23. The molecule has 0 fully saturated rings. The van der Waals surface area contributed by atoms with Crippen molar-refractivity contribution in [3.63, 3.8) is 0 Å². The number of carboxylic acid groups (broad SMARTS) is 1. The summed E-state index contributed by atoms with van der Waals surface area (Å²) in [5, 5.41) is 11.4. The summed E-state index contributed by atoms with van der Waals surface area (Å²) in [5.41, 5.74) is 6.32. The molecule has 1 aliphatic carbocycles. The van der Waals surface area contributed by atoms with Crippen molar-refractivity contribution in [2.75, 3.05) is 6.54 Å². The number of nitrogens with zero attached hydrogens (tertiary/aromatic N) is 1. The first-order valence-electron chi connectivity index (χ1n) is 9.26. The van der Waals surface area contributed by atoms with Gasteiger partial charge in [0.15, 0.2) is 0 Å². The largest absolute Gasteiger partial charge is 0.465 e. The molecule has 0 unspecified atom stereocenters. The van der Waals surface area contributed by atoms with Crippen LogP contribution in [0.25, 0.3) is 11.1 Å². The Labute approximate surface area is 158 Å². The maximum Gasteiger partial charge on any atom is 0.404 e. The number of fused-ring (bicyclic) bond motifs is 3. The molecule has 1 aliphatic rings. The Balaban J connectivity index is 1.78. The molecular formula is C23H22N2O2. The molecule has 4 heteroatoms. The van der Waals surface area contributed by atoms with Crippen LogP contribution in [0.2, 0.25) is 0 Å². The summed E-state index contributed by atoms with van der Waals surface area (Å²) in [7, 11) is 0. The van der Waals surface area contributed by atoms with Gasteiger partial charge in [-0.3, -0.25) is 4.98 Å². The SMILES string of the molecule is O=C(O)NCCCC1(Cc2ccncc2)c2ccccc2-c2ccccc21. The van der Waals surface area contributed by atoms with Crippen molar-refractivity contribution in [2.24, 2.45) is 0 Å². The van der Waals surface area contributed by atoms with Crippen molar-refractivity contribution in [1.29, 1.82) is 0 Å². The summed E-state index contributed by atoms with van der Waals surface area (Å²) in [6.45, 7) is 0.456. The lowest BCUT2D eigenvalue weighted by molar-refractivity contribution is 0.194. The molecule has 1 aromatic heterocycles. The van der Waals surface area contributed by atoms with Crippen LogP contribution in [0.4, 0.5) is 4.79 Å². The highest BCUT2D eigenvalue weighted by Gasteiger charge is 2.42. The summed E-state index contributed by atoms with van der Waals surface area (Å²) < 4.78 is 0. The number of hydrogen-bond acceptors (Lipinski definition) is 2. The summed E-state index contributed by atoms with van der Waals surface area (Å²) in [6.07, 6.45) is 5.23. The summed E-state index contributed by atoms with van der Waals surface area (Å²) in [4.78, 5) is 15.0. The number of pyridine rings is 1. The Hall–Kier alpha value is -3.14. The molecule has 0 aliphatic heterocycles. The van der Waals surface area contributed by atoms with Gasteiger partial charge in [-0.2, -0.15) is 0 Å². The van der Waals surface area contributed by atoms with E-state index < -0.39 is 6.09 Å². The highest BCUT2D eigenvalue weighted by Crippen LogP contribution is 2.52. The van der Waals surface area contributed by atoms with Gasteiger partial charge in [0, 0.05) is 24.4 Å². The lowest BCUT2D eigenvalue weighted by atomic mass is 9.70. The molecule has 0 spiro atoms. The van der Waals surface area contributed by atoms with Crippen LogP contribution in [0.3, 0.4) is 0 Å². The average molecular weight is 358 g/mol. The summed E-state index contributed by atoms with van der Waals surface area (Å²) in [6, 6.07) is 21.3. The van der Waals surface area contributed by atoms with Crippen LogP contribution >= 0.6 is 0 Å². The van der Waals surface area contributed by atoms with Crippen LogP contribution in [0.1, 0.15) is 29.5 Å². The van der Waals surface area contributed by atoms with E-state index in [1.165, 1.54) is 27.8 Å². The highest BCUT2D eigenvalue weighted by atomic mass is 16.4. The molecule has 27 heavy (non-hydrogen) atoms. The number of aromatic nitrogens is 1. The zero-order chi connectivity index (χ0) is 18.7. The van der Waals surface area contributed by atoms with E-state index in [4.69, 9.17) is 5.11 Å². The molecule has 4 nitrogen and oxygen atoms in total. The molecule has 3 aromatic rings. The van der Waals surface area contributed by atoms with Gasteiger partial charge in [-0.25, -0.2) is 4.79 Å². The van der Waals surface area contributed by atoms with E-state index in [9.17, 15) is 4.79 Å². The average Bonchev–Trinajstić information content (AvgIpc) is 2.97. The predicted octanol–water partition coefficient (Wildman–Crippen LogP) is 4.64. The Bertz CT molecular complexity index is 908. The third-order valence-corrected chi connectivity index (χ3v) is 5.49. The van der Waals surface area contributed by atoms with Crippen molar-refractivity contribution in [3.05, 3.63) is 89.7 Å². The van der Waals surface area contributed by atoms with E-state index in [1.54, 1.807) is 0 Å². The molecule has 1 amide bonds. The molecule has 0 saturated carbocycles.